The molecule has 6 rings (SSSR count). The zero-order chi connectivity index (χ0) is 22.7. The number of amides is 1. The number of fused-ring (bicyclic) bond motifs is 6. The first-order valence-electron chi connectivity index (χ1n) is 11.0. The summed E-state index contributed by atoms with van der Waals surface area (Å²) in [6.07, 6.45) is 1.48. The fourth-order valence-corrected chi connectivity index (χ4v) is 5.10. The normalized spacial score (nSPS) is 22.3. The zero-order valence-electron chi connectivity index (χ0n) is 18.3. The predicted molar refractivity (Wildman–Crippen MR) is 127 cm³/mol. The van der Waals surface area contributed by atoms with Gasteiger partial charge in [-0.1, -0.05) is 48.9 Å². The summed E-state index contributed by atoms with van der Waals surface area (Å²) in [6.45, 7) is 2.09. The molecule has 0 fully saturated rings. The number of carbonyl (C=O) groups is 1. The van der Waals surface area contributed by atoms with E-state index in [4.69, 9.17) is 26.2 Å². The Balaban J connectivity index is 1.59. The van der Waals surface area contributed by atoms with Gasteiger partial charge in [0.15, 0.2) is 11.5 Å². The highest BCUT2D eigenvalue weighted by molar-refractivity contribution is 6.30. The molecule has 0 unspecified atom stereocenters. The minimum atomic E-state index is -1.42. The van der Waals surface area contributed by atoms with Gasteiger partial charge in [-0.15, -0.1) is 0 Å². The van der Waals surface area contributed by atoms with E-state index in [1.54, 1.807) is 7.11 Å². The Morgan fingerprint density at radius 1 is 1.21 bits per heavy atom. The zero-order valence-corrected chi connectivity index (χ0v) is 19.0. The van der Waals surface area contributed by atoms with Gasteiger partial charge in [0.25, 0.3) is 5.91 Å². The average molecular weight is 460 g/mol. The molecule has 0 aliphatic carbocycles. The summed E-state index contributed by atoms with van der Waals surface area (Å²) in [5.74, 6) is 0.923. The Morgan fingerprint density at radius 3 is 2.79 bits per heavy atom. The van der Waals surface area contributed by atoms with Crippen molar-refractivity contribution >= 4 is 28.9 Å². The molecule has 6 nitrogen and oxygen atoms in total. The molecule has 0 aromatic heterocycles. The fourth-order valence-electron chi connectivity index (χ4n) is 4.98. The Morgan fingerprint density at radius 2 is 2.03 bits per heavy atom. The number of methoxy groups -OCH3 is 1. The molecule has 0 radical (unpaired) electrons. The van der Waals surface area contributed by atoms with Crippen LogP contribution >= 0.6 is 11.6 Å². The maximum absolute atomic E-state index is 13.6. The number of para-hydroxylation sites is 1. The van der Waals surface area contributed by atoms with Gasteiger partial charge in [-0.05, 0) is 47.9 Å². The molecule has 3 aromatic carbocycles. The Labute approximate surface area is 196 Å². The molecule has 1 amide bonds. The molecule has 1 spiro atoms. The number of aryl methyl sites for hydroxylation is 1. The average Bonchev–Trinajstić information content (AvgIpc) is 3.40. The van der Waals surface area contributed by atoms with E-state index in [-0.39, 0.29) is 11.9 Å². The summed E-state index contributed by atoms with van der Waals surface area (Å²) in [5, 5.41) is 10.5. The van der Waals surface area contributed by atoms with Gasteiger partial charge in [0.2, 0.25) is 0 Å². The minimum absolute atomic E-state index is 0.184. The second-order valence-corrected chi connectivity index (χ2v) is 8.87. The largest absolute Gasteiger partial charge is 0.493 e. The number of nitrogens with zero attached hydrogens (tertiary/aromatic N) is 2. The third kappa shape index (κ3) is 2.80. The van der Waals surface area contributed by atoms with Crippen molar-refractivity contribution < 1.29 is 14.3 Å². The number of hydrazone groups is 1. The molecule has 3 aromatic rings. The van der Waals surface area contributed by atoms with E-state index in [2.05, 4.69) is 12.2 Å². The van der Waals surface area contributed by atoms with E-state index < -0.39 is 5.72 Å². The van der Waals surface area contributed by atoms with Crippen molar-refractivity contribution in [2.45, 2.75) is 31.5 Å². The topological polar surface area (TPSA) is 63.2 Å². The lowest BCUT2D eigenvalue weighted by Gasteiger charge is -2.44. The maximum atomic E-state index is 13.6. The molecule has 3 heterocycles. The Kier molecular flexibility index (Phi) is 4.42. The van der Waals surface area contributed by atoms with E-state index in [0.717, 1.165) is 40.1 Å². The van der Waals surface area contributed by atoms with Crippen LogP contribution in [0.15, 0.2) is 65.8 Å². The number of ether oxygens (including phenoxy) is 2. The summed E-state index contributed by atoms with van der Waals surface area (Å²) >= 11 is 6.11. The fraction of sp³-hybridized carbons (Fsp3) is 0.231. The smallest absolute Gasteiger partial charge is 0.306 e. The lowest BCUT2D eigenvalue weighted by Crippen LogP contribution is -2.55. The van der Waals surface area contributed by atoms with Crippen molar-refractivity contribution in [2.24, 2.45) is 5.10 Å². The number of hydrogen-bond acceptors (Lipinski definition) is 5. The standard InChI is InChI=1S/C26H22ClN3O3/c1-3-15-7-12-20-19(13-15)26(25(31)28-20)30-22(18-5-4-6-23(32-2)24(18)33-26)14-21(29-30)16-8-10-17(27)11-9-16/h4-13,22H,3,14H2,1-2H3,(H,28,31)/t22-,26-/m0/s1. The van der Waals surface area contributed by atoms with Crippen LogP contribution in [0, 0.1) is 0 Å². The number of hydrogen-bond donors (Lipinski definition) is 1. The molecule has 3 aliphatic rings. The van der Waals surface area contributed by atoms with Gasteiger partial charge in [0, 0.05) is 17.0 Å². The SMILES string of the molecule is CCc1ccc2c(c1)[C@]1(Oc3c(OC)cccc3[C@@H]3CC(c4ccc(Cl)cc4)=NN31)C(=O)N2. The van der Waals surface area contributed by atoms with E-state index in [0.29, 0.717) is 22.9 Å². The molecule has 166 valence electrons. The van der Waals surface area contributed by atoms with Crippen molar-refractivity contribution in [3.05, 3.63) is 87.9 Å². The van der Waals surface area contributed by atoms with Gasteiger partial charge in [0.05, 0.1) is 30.1 Å². The van der Waals surface area contributed by atoms with Crippen LogP contribution in [0.2, 0.25) is 5.02 Å². The number of carbonyl (C=O) groups excluding carboxylic acids is 1. The molecule has 1 N–H and O–H groups in total. The second-order valence-electron chi connectivity index (χ2n) is 8.43. The van der Waals surface area contributed by atoms with Crippen molar-refractivity contribution in [2.75, 3.05) is 12.4 Å². The van der Waals surface area contributed by atoms with Crippen LogP contribution < -0.4 is 14.8 Å². The quantitative estimate of drug-likeness (QED) is 0.580. The monoisotopic (exact) mass is 459 g/mol. The first-order valence-corrected chi connectivity index (χ1v) is 11.4. The number of nitrogens with one attached hydrogen (secondary N) is 1. The van der Waals surface area contributed by atoms with Crippen LogP contribution in [0.3, 0.4) is 0 Å². The summed E-state index contributed by atoms with van der Waals surface area (Å²) in [6, 6.07) is 19.3. The van der Waals surface area contributed by atoms with E-state index in [9.17, 15) is 4.79 Å². The molecule has 2 atom stereocenters. The Hall–Kier alpha value is -3.51. The third-order valence-electron chi connectivity index (χ3n) is 6.66. The van der Waals surface area contributed by atoms with Crippen LogP contribution in [0.1, 0.15) is 41.6 Å². The summed E-state index contributed by atoms with van der Waals surface area (Å²) in [4.78, 5) is 13.6. The van der Waals surface area contributed by atoms with Gasteiger partial charge in [-0.25, -0.2) is 5.01 Å². The van der Waals surface area contributed by atoms with Crippen molar-refractivity contribution in [1.29, 1.82) is 0 Å². The van der Waals surface area contributed by atoms with Crippen LogP contribution in [-0.2, 0) is 16.9 Å². The molecule has 3 aliphatic heterocycles. The van der Waals surface area contributed by atoms with Crippen molar-refractivity contribution in [3.8, 4) is 11.5 Å². The van der Waals surface area contributed by atoms with Gasteiger partial charge < -0.3 is 14.8 Å². The highest BCUT2D eigenvalue weighted by Gasteiger charge is 2.61. The minimum Gasteiger partial charge on any atom is -0.493 e. The van der Waals surface area contributed by atoms with Crippen molar-refractivity contribution in [3.63, 3.8) is 0 Å². The van der Waals surface area contributed by atoms with E-state index in [1.165, 1.54) is 0 Å². The molecule has 7 heteroatoms. The first kappa shape index (κ1) is 20.1. The maximum Gasteiger partial charge on any atom is 0.306 e. The lowest BCUT2D eigenvalue weighted by molar-refractivity contribution is -0.161. The van der Waals surface area contributed by atoms with Gasteiger partial charge >= 0.3 is 5.72 Å². The van der Waals surface area contributed by atoms with Gasteiger partial charge in [0.1, 0.15) is 0 Å². The highest BCUT2D eigenvalue weighted by atomic mass is 35.5. The van der Waals surface area contributed by atoms with E-state index >= 15 is 0 Å². The highest BCUT2D eigenvalue weighted by Crippen LogP contribution is 2.56. The van der Waals surface area contributed by atoms with Crippen LogP contribution in [0.5, 0.6) is 11.5 Å². The number of benzene rings is 3. The number of rotatable bonds is 3. The van der Waals surface area contributed by atoms with Gasteiger partial charge in [-0.2, -0.15) is 5.10 Å². The van der Waals surface area contributed by atoms with Gasteiger partial charge in [-0.3, -0.25) is 4.79 Å². The number of halogens is 1. The second kappa shape index (κ2) is 7.25. The molecule has 0 saturated carbocycles. The summed E-state index contributed by atoms with van der Waals surface area (Å²) in [5.41, 5.74) is 4.01. The third-order valence-corrected chi connectivity index (χ3v) is 6.91. The predicted octanol–water partition coefficient (Wildman–Crippen LogP) is 5.26. The molecular formula is C26H22ClN3O3. The Bertz CT molecular complexity index is 1320. The molecule has 0 saturated heterocycles. The first-order chi connectivity index (χ1) is 16.0. The summed E-state index contributed by atoms with van der Waals surface area (Å²) < 4.78 is 12.2. The molecule has 0 bridgehead atoms. The van der Waals surface area contributed by atoms with E-state index in [1.807, 2.05) is 65.7 Å². The van der Waals surface area contributed by atoms with Crippen LogP contribution in [0.25, 0.3) is 0 Å². The number of anilines is 1. The summed E-state index contributed by atoms with van der Waals surface area (Å²) in [7, 11) is 1.61. The van der Waals surface area contributed by atoms with Crippen LogP contribution in [-0.4, -0.2) is 23.7 Å². The molecule has 33 heavy (non-hydrogen) atoms. The molecular weight excluding hydrogens is 438 g/mol. The lowest BCUT2D eigenvalue weighted by atomic mass is 9.91. The van der Waals surface area contributed by atoms with Crippen LogP contribution in [0.4, 0.5) is 5.69 Å². The van der Waals surface area contributed by atoms with Crippen molar-refractivity contribution in [1.82, 2.24) is 5.01 Å².